The van der Waals surface area contributed by atoms with Gasteiger partial charge in [0.2, 0.25) is 11.9 Å². The molecule has 1 saturated heterocycles. The molecule has 2 heterocycles. The fraction of sp³-hybridized carbons (Fsp3) is 0.556. The van der Waals surface area contributed by atoms with Crippen LogP contribution in [0.1, 0.15) is 18.7 Å². The maximum atomic E-state index is 11.4. The van der Waals surface area contributed by atoms with E-state index in [4.69, 9.17) is 0 Å². The van der Waals surface area contributed by atoms with E-state index in [1.54, 1.807) is 30.9 Å². The number of nitrogens with one attached hydrogen (secondary N) is 1. The predicted octanol–water partition coefficient (Wildman–Crippen LogP) is -0.128. The number of hydrogen-bond acceptors (Lipinski definition) is 4. The lowest BCUT2D eigenvalue weighted by atomic mass is 9.99. The Bertz CT molecular complexity index is 442. The fourth-order valence-corrected chi connectivity index (χ4v) is 1.97. The molecule has 1 unspecified atom stereocenters. The normalized spacial score (nSPS) is 29.1. The average Bonchev–Trinajstić information content (AvgIpc) is 2.73. The van der Waals surface area contributed by atoms with E-state index in [0.717, 1.165) is 0 Å². The van der Waals surface area contributed by atoms with Gasteiger partial charge in [-0.3, -0.25) is 19.6 Å². The van der Waals surface area contributed by atoms with Crippen molar-refractivity contribution in [2.75, 3.05) is 0 Å². The van der Waals surface area contributed by atoms with E-state index in [1.165, 1.54) is 0 Å². The van der Waals surface area contributed by atoms with Crippen LogP contribution in [0.2, 0.25) is 0 Å². The first kappa shape index (κ1) is 10.6. The van der Waals surface area contributed by atoms with E-state index in [0.29, 0.717) is 5.69 Å². The monoisotopic (exact) mass is 224 g/mol. The maximum absolute atomic E-state index is 11.4. The largest absolute Gasteiger partial charge is 0.341 e. The van der Waals surface area contributed by atoms with Crippen LogP contribution in [0, 0.1) is 16.0 Å². The van der Waals surface area contributed by atoms with Crippen molar-refractivity contribution in [3.8, 4) is 0 Å². The van der Waals surface area contributed by atoms with E-state index in [-0.39, 0.29) is 5.91 Å². The minimum Gasteiger partial charge on any atom is -0.341 e. The lowest BCUT2D eigenvalue weighted by Crippen LogP contribution is -2.30. The van der Waals surface area contributed by atoms with E-state index < -0.39 is 22.9 Å². The van der Waals surface area contributed by atoms with Gasteiger partial charge in [0.1, 0.15) is 12.0 Å². The molecule has 7 nitrogen and oxygen atoms in total. The lowest BCUT2D eigenvalue weighted by Gasteiger charge is -2.11. The number of rotatable bonds is 2. The molecule has 2 rings (SSSR count). The first-order chi connectivity index (χ1) is 7.50. The van der Waals surface area contributed by atoms with Crippen molar-refractivity contribution < 1.29 is 9.72 Å². The summed E-state index contributed by atoms with van der Waals surface area (Å²) in [6.45, 7) is 1.56. The van der Waals surface area contributed by atoms with Crippen LogP contribution in [0.15, 0.2) is 12.3 Å². The van der Waals surface area contributed by atoms with Crippen molar-refractivity contribution in [3.05, 3.63) is 28.1 Å². The van der Waals surface area contributed by atoms with Crippen molar-refractivity contribution >= 4 is 5.91 Å². The third-order valence-corrected chi connectivity index (χ3v) is 2.86. The van der Waals surface area contributed by atoms with Crippen molar-refractivity contribution in [1.82, 2.24) is 15.1 Å². The van der Waals surface area contributed by atoms with Crippen LogP contribution in [0.25, 0.3) is 0 Å². The van der Waals surface area contributed by atoms with Crippen LogP contribution in [0.3, 0.4) is 0 Å². The summed E-state index contributed by atoms with van der Waals surface area (Å²) in [4.78, 5) is 21.9. The third kappa shape index (κ3) is 1.54. The second-order valence-corrected chi connectivity index (χ2v) is 3.97. The predicted molar refractivity (Wildman–Crippen MR) is 54.0 cm³/mol. The van der Waals surface area contributed by atoms with E-state index in [9.17, 15) is 14.9 Å². The number of aryl methyl sites for hydroxylation is 1. The number of hydrogen-bond donors (Lipinski definition) is 1. The zero-order valence-electron chi connectivity index (χ0n) is 8.95. The van der Waals surface area contributed by atoms with E-state index >= 15 is 0 Å². The molecule has 1 aromatic rings. The molecular formula is C9H12N4O3. The number of amides is 1. The SMILES string of the molecule is C[C@@H]1C(=O)NC(c2ccn(C)n2)[C@H]1[N+](=O)[O-]. The Morgan fingerprint density at radius 1 is 1.62 bits per heavy atom. The topological polar surface area (TPSA) is 90.1 Å². The van der Waals surface area contributed by atoms with Gasteiger partial charge in [-0.25, -0.2) is 0 Å². The van der Waals surface area contributed by atoms with Crippen molar-refractivity contribution in [2.24, 2.45) is 13.0 Å². The molecule has 86 valence electrons. The fourth-order valence-electron chi connectivity index (χ4n) is 1.97. The lowest BCUT2D eigenvalue weighted by molar-refractivity contribution is -0.530. The highest BCUT2D eigenvalue weighted by atomic mass is 16.6. The van der Waals surface area contributed by atoms with Crippen LogP contribution >= 0.6 is 0 Å². The summed E-state index contributed by atoms with van der Waals surface area (Å²) in [7, 11) is 1.73. The second kappa shape index (κ2) is 3.58. The molecule has 16 heavy (non-hydrogen) atoms. The van der Waals surface area contributed by atoms with Crippen LogP contribution < -0.4 is 5.32 Å². The molecular weight excluding hydrogens is 212 g/mol. The molecule has 0 aliphatic carbocycles. The maximum Gasteiger partial charge on any atom is 0.249 e. The average molecular weight is 224 g/mol. The molecule has 0 bridgehead atoms. The molecule has 1 aliphatic heterocycles. The van der Waals surface area contributed by atoms with Gasteiger partial charge in [0, 0.05) is 18.2 Å². The van der Waals surface area contributed by atoms with Gasteiger partial charge in [-0.05, 0) is 13.0 Å². The molecule has 0 radical (unpaired) electrons. The molecule has 1 fully saturated rings. The Labute approximate surface area is 91.6 Å². The second-order valence-electron chi connectivity index (χ2n) is 3.97. The Hall–Kier alpha value is -1.92. The van der Waals surface area contributed by atoms with Gasteiger partial charge >= 0.3 is 0 Å². The Morgan fingerprint density at radius 3 is 2.81 bits per heavy atom. The van der Waals surface area contributed by atoms with Gasteiger partial charge in [0.25, 0.3) is 0 Å². The molecule has 3 atom stereocenters. The van der Waals surface area contributed by atoms with Crippen LogP contribution in [0.5, 0.6) is 0 Å². The zero-order valence-corrected chi connectivity index (χ0v) is 8.95. The van der Waals surface area contributed by atoms with Gasteiger partial charge in [0.05, 0.1) is 5.69 Å². The van der Waals surface area contributed by atoms with Gasteiger partial charge in [0.15, 0.2) is 0 Å². The summed E-state index contributed by atoms with van der Waals surface area (Å²) in [5.74, 6) is -0.917. The van der Waals surface area contributed by atoms with Gasteiger partial charge in [-0.2, -0.15) is 5.10 Å². The summed E-state index contributed by atoms with van der Waals surface area (Å²) in [5.41, 5.74) is 0.530. The summed E-state index contributed by atoms with van der Waals surface area (Å²) in [5, 5.41) is 17.6. The number of nitro groups is 1. The minimum absolute atomic E-state index is 0.294. The molecule has 1 amide bonds. The van der Waals surface area contributed by atoms with Crippen LogP contribution in [-0.2, 0) is 11.8 Å². The Morgan fingerprint density at radius 2 is 2.31 bits per heavy atom. The number of aromatic nitrogens is 2. The zero-order chi connectivity index (χ0) is 11.9. The highest BCUT2D eigenvalue weighted by molar-refractivity contribution is 5.82. The number of nitrogens with zero attached hydrogens (tertiary/aromatic N) is 3. The first-order valence-electron chi connectivity index (χ1n) is 4.94. The molecule has 0 aromatic carbocycles. The summed E-state index contributed by atoms with van der Waals surface area (Å²) in [6, 6.07) is 0.112. The van der Waals surface area contributed by atoms with Crippen molar-refractivity contribution in [2.45, 2.75) is 19.0 Å². The quantitative estimate of drug-likeness (QED) is 0.559. The van der Waals surface area contributed by atoms with Crippen molar-refractivity contribution in [3.63, 3.8) is 0 Å². The summed E-state index contributed by atoms with van der Waals surface area (Å²) < 4.78 is 1.56. The van der Waals surface area contributed by atoms with Crippen LogP contribution in [0.4, 0.5) is 0 Å². The molecule has 1 aromatic heterocycles. The molecule has 1 aliphatic rings. The smallest absolute Gasteiger partial charge is 0.249 e. The molecule has 0 saturated carbocycles. The van der Waals surface area contributed by atoms with Crippen LogP contribution in [-0.4, -0.2) is 26.7 Å². The number of carbonyl (C=O) groups is 1. The summed E-state index contributed by atoms with van der Waals surface area (Å²) in [6.07, 6.45) is 1.70. The highest BCUT2D eigenvalue weighted by Gasteiger charge is 2.49. The summed E-state index contributed by atoms with van der Waals surface area (Å²) >= 11 is 0. The van der Waals surface area contributed by atoms with Gasteiger partial charge < -0.3 is 5.32 Å². The van der Waals surface area contributed by atoms with E-state index in [1.807, 2.05) is 0 Å². The highest BCUT2D eigenvalue weighted by Crippen LogP contribution is 2.29. The minimum atomic E-state index is -0.942. The molecule has 0 spiro atoms. The Balaban J connectivity index is 2.33. The van der Waals surface area contributed by atoms with Gasteiger partial charge in [-0.1, -0.05) is 0 Å². The van der Waals surface area contributed by atoms with Gasteiger partial charge in [-0.15, -0.1) is 0 Å². The van der Waals surface area contributed by atoms with Crippen molar-refractivity contribution in [1.29, 1.82) is 0 Å². The first-order valence-corrected chi connectivity index (χ1v) is 4.94. The Kier molecular flexibility index (Phi) is 2.37. The number of carbonyl (C=O) groups excluding carboxylic acids is 1. The third-order valence-electron chi connectivity index (χ3n) is 2.86. The molecule has 7 heteroatoms. The standard InChI is InChI=1S/C9H12N4O3/c1-5-8(13(15)16)7(10-9(5)14)6-3-4-12(2)11-6/h3-5,7-8H,1-2H3,(H,10,14)/t5-,7?,8-/m0/s1. The molecule has 1 N–H and O–H groups in total. The van der Waals surface area contributed by atoms with E-state index in [2.05, 4.69) is 10.4 Å².